The highest BCUT2D eigenvalue weighted by molar-refractivity contribution is 7.89. The summed E-state index contributed by atoms with van der Waals surface area (Å²) in [5, 5.41) is 0. The highest BCUT2D eigenvalue weighted by Gasteiger charge is 2.18. The zero-order valence-corrected chi connectivity index (χ0v) is 13.0. The van der Waals surface area contributed by atoms with Crippen LogP contribution >= 0.6 is 0 Å². The normalized spacial score (nSPS) is 15.1. The maximum atomic E-state index is 12.1. The molecule has 1 aromatic rings. The van der Waals surface area contributed by atoms with Crippen LogP contribution in [0.4, 0.5) is 5.69 Å². The molecule has 0 aliphatic heterocycles. The van der Waals surface area contributed by atoms with Gasteiger partial charge in [0.15, 0.2) is 0 Å². The third-order valence-corrected chi connectivity index (χ3v) is 4.96. The van der Waals surface area contributed by atoms with E-state index in [9.17, 15) is 12.6 Å². The summed E-state index contributed by atoms with van der Waals surface area (Å²) in [6.07, 6.45) is 2.13. The number of nitrogen functional groups attached to an aromatic ring is 1. The summed E-state index contributed by atoms with van der Waals surface area (Å²) in [5.74, 6) is 0.472. The second-order valence-electron chi connectivity index (χ2n) is 4.67. The zero-order valence-electron chi connectivity index (χ0n) is 11.3. The van der Waals surface area contributed by atoms with Crippen LogP contribution in [0.1, 0.15) is 18.9 Å². The second kappa shape index (κ2) is 6.49. The van der Waals surface area contributed by atoms with Gasteiger partial charge in [-0.3, -0.25) is 4.21 Å². The Kier molecular flexibility index (Phi) is 5.51. The van der Waals surface area contributed by atoms with Crippen molar-refractivity contribution in [2.24, 2.45) is 0 Å². The summed E-state index contributed by atoms with van der Waals surface area (Å²) in [6.45, 7) is 3.54. The predicted molar refractivity (Wildman–Crippen MR) is 78.9 cm³/mol. The number of benzene rings is 1. The van der Waals surface area contributed by atoms with E-state index in [0.717, 1.165) is 5.56 Å². The van der Waals surface area contributed by atoms with Gasteiger partial charge in [0.2, 0.25) is 10.0 Å². The van der Waals surface area contributed by atoms with Gasteiger partial charge in [-0.2, -0.15) is 0 Å². The van der Waals surface area contributed by atoms with E-state index in [2.05, 4.69) is 4.72 Å². The fraction of sp³-hybridized carbons (Fsp3) is 0.500. The molecule has 19 heavy (non-hydrogen) atoms. The first-order valence-corrected chi connectivity index (χ1v) is 9.11. The summed E-state index contributed by atoms with van der Waals surface area (Å²) in [7, 11) is -4.50. The van der Waals surface area contributed by atoms with E-state index in [0.29, 0.717) is 17.9 Å². The van der Waals surface area contributed by atoms with Crippen molar-refractivity contribution >= 4 is 26.5 Å². The molecule has 0 saturated carbocycles. The molecule has 0 radical (unpaired) electrons. The molecule has 3 N–H and O–H groups in total. The van der Waals surface area contributed by atoms with Crippen LogP contribution in [0.15, 0.2) is 23.1 Å². The van der Waals surface area contributed by atoms with Crippen molar-refractivity contribution < 1.29 is 12.6 Å². The van der Waals surface area contributed by atoms with Crippen molar-refractivity contribution in [3.8, 4) is 0 Å². The van der Waals surface area contributed by atoms with E-state index in [1.807, 2.05) is 0 Å². The molecule has 108 valence electrons. The monoisotopic (exact) mass is 304 g/mol. The molecule has 1 aromatic carbocycles. The second-order valence-corrected chi connectivity index (χ2v) is 7.94. The van der Waals surface area contributed by atoms with Crippen LogP contribution in [0.5, 0.6) is 0 Å². The van der Waals surface area contributed by atoms with Crippen molar-refractivity contribution in [1.82, 2.24) is 4.72 Å². The number of nitrogens with two attached hydrogens (primary N) is 1. The molecule has 0 aliphatic rings. The van der Waals surface area contributed by atoms with Gasteiger partial charge in [0.1, 0.15) is 0 Å². The molecule has 0 bridgehead atoms. The Morgan fingerprint density at radius 2 is 2.00 bits per heavy atom. The van der Waals surface area contributed by atoms with E-state index in [4.69, 9.17) is 5.73 Å². The molecule has 0 spiro atoms. The fourth-order valence-corrected chi connectivity index (χ4v) is 3.77. The van der Waals surface area contributed by atoms with E-state index >= 15 is 0 Å². The highest BCUT2D eigenvalue weighted by atomic mass is 32.2. The first-order valence-electron chi connectivity index (χ1n) is 5.90. The van der Waals surface area contributed by atoms with Gasteiger partial charge in [0.25, 0.3) is 0 Å². The number of hydrogen-bond donors (Lipinski definition) is 2. The van der Waals surface area contributed by atoms with E-state index in [1.54, 1.807) is 32.2 Å². The SMILES string of the molecule is Cc1cc(N)cc(S(=O)(=O)NC(C)CCS(C)=O)c1. The molecule has 2 unspecified atom stereocenters. The molecular formula is C12H20N2O3S2. The topological polar surface area (TPSA) is 89.3 Å². The molecule has 0 heterocycles. The number of sulfonamides is 1. The van der Waals surface area contributed by atoms with Gasteiger partial charge >= 0.3 is 0 Å². The summed E-state index contributed by atoms with van der Waals surface area (Å²) in [6, 6.07) is 4.45. The fourth-order valence-electron chi connectivity index (χ4n) is 1.67. The van der Waals surface area contributed by atoms with Crippen LogP contribution in [0.3, 0.4) is 0 Å². The Bertz CT molecular complexity index is 550. The van der Waals surface area contributed by atoms with Gasteiger partial charge in [-0.05, 0) is 44.0 Å². The lowest BCUT2D eigenvalue weighted by atomic mass is 10.2. The Balaban J connectivity index is 2.83. The van der Waals surface area contributed by atoms with Gasteiger partial charge in [-0.15, -0.1) is 0 Å². The molecule has 0 aliphatic carbocycles. The molecule has 2 atom stereocenters. The number of anilines is 1. The third-order valence-electron chi connectivity index (χ3n) is 2.58. The Labute approximate surface area is 117 Å². The maximum absolute atomic E-state index is 12.1. The average molecular weight is 304 g/mol. The van der Waals surface area contributed by atoms with E-state index < -0.39 is 20.8 Å². The number of aryl methyl sites for hydroxylation is 1. The van der Waals surface area contributed by atoms with Crippen LogP contribution in [0, 0.1) is 6.92 Å². The van der Waals surface area contributed by atoms with Crippen LogP contribution < -0.4 is 10.5 Å². The van der Waals surface area contributed by atoms with Crippen molar-refractivity contribution in [2.75, 3.05) is 17.7 Å². The Morgan fingerprint density at radius 3 is 2.53 bits per heavy atom. The van der Waals surface area contributed by atoms with Gasteiger partial charge in [0, 0.05) is 34.5 Å². The van der Waals surface area contributed by atoms with Crippen LogP contribution in [0.2, 0.25) is 0 Å². The minimum atomic E-state index is -3.58. The number of nitrogens with one attached hydrogen (secondary N) is 1. The van der Waals surface area contributed by atoms with E-state index in [1.165, 1.54) is 6.07 Å². The molecule has 0 saturated heterocycles. The van der Waals surface area contributed by atoms with Crippen LogP contribution in [0.25, 0.3) is 0 Å². The quantitative estimate of drug-likeness (QED) is 0.768. The molecule has 1 rings (SSSR count). The Hall–Kier alpha value is -0.920. The van der Waals surface area contributed by atoms with Crippen molar-refractivity contribution in [3.05, 3.63) is 23.8 Å². The molecule has 0 aromatic heterocycles. The standard InChI is InChI=1S/C12H20N2O3S2/c1-9-6-11(13)8-12(7-9)19(16,17)14-10(2)4-5-18(3)15/h6-8,10,14H,4-5,13H2,1-3H3. The predicted octanol–water partition coefficient (Wildman–Crippen LogP) is 1.01. The molecular weight excluding hydrogens is 284 g/mol. The average Bonchev–Trinajstić information content (AvgIpc) is 2.24. The van der Waals surface area contributed by atoms with Crippen molar-refractivity contribution in [3.63, 3.8) is 0 Å². The largest absolute Gasteiger partial charge is 0.399 e. The van der Waals surface area contributed by atoms with Crippen molar-refractivity contribution in [1.29, 1.82) is 0 Å². The lowest BCUT2D eigenvalue weighted by Crippen LogP contribution is -2.33. The first-order chi connectivity index (χ1) is 8.70. The first kappa shape index (κ1) is 16.1. The molecule has 7 heteroatoms. The molecule has 5 nitrogen and oxygen atoms in total. The summed E-state index contributed by atoms with van der Waals surface area (Å²) < 4.78 is 37.9. The van der Waals surface area contributed by atoms with Gasteiger partial charge < -0.3 is 5.73 Å². The smallest absolute Gasteiger partial charge is 0.240 e. The van der Waals surface area contributed by atoms with E-state index in [-0.39, 0.29) is 10.9 Å². The van der Waals surface area contributed by atoms with Crippen LogP contribution in [-0.2, 0) is 20.8 Å². The summed E-state index contributed by atoms with van der Waals surface area (Å²) in [5.41, 5.74) is 6.87. The zero-order chi connectivity index (χ0) is 14.6. The highest BCUT2D eigenvalue weighted by Crippen LogP contribution is 2.16. The van der Waals surface area contributed by atoms with Crippen molar-refractivity contribution in [2.45, 2.75) is 31.2 Å². The minimum absolute atomic E-state index is 0.162. The lowest BCUT2D eigenvalue weighted by molar-refractivity contribution is 0.555. The van der Waals surface area contributed by atoms with Gasteiger partial charge in [-0.25, -0.2) is 13.1 Å². The third kappa shape index (κ3) is 5.30. The maximum Gasteiger partial charge on any atom is 0.240 e. The van der Waals surface area contributed by atoms with Gasteiger partial charge in [-0.1, -0.05) is 0 Å². The Morgan fingerprint density at radius 1 is 1.37 bits per heavy atom. The molecule has 0 fully saturated rings. The summed E-state index contributed by atoms with van der Waals surface area (Å²) in [4.78, 5) is 0.162. The number of hydrogen-bond acceptors (Lipinski definition) is 4. The minimum Gasteiger partial charge on any atom is -0.399 e. The van der Waals surface area contributed by atoms with Crippen LogP contribution in [-0.4, -0.2) is 30.7 Å². The number of rotatable bonds is 6. The lowest BCUT2D eigenvalue weighted by Gasteiger charge is -2.14. The van der Waals surface area contributed by atoms with Gasteiger partial charge in [0.05, 0.1) is 4.90 Å². The molecule has 0 amide bonds. The summed E-state index contributed by atoms with van der Waals surface area (Å²) >= 11 is 0.